The molecule has 128 valence electrons. The van der Waals surface area contributed by atoms with Gasteiger partial charge in [-0.2, -0.15) is 5.26 Å². The van der Waals surface area contributed by atoms with Crippen molar-refractivity contribution < 1.29 is 18.6 Å². The van der Waals surface area contributed by atoms with E-state index in [4.69, 9.17) is 16.4 Å². The maximum Gasteiger partial charge on any atom is 0.148 e. The van der Waals surface area contributed by atoms with Gasteiger partial charge in [0.15, 0.2) is 0 Å². The Morgan fingerprint density at radius 2 is 2.24 bits per heavy atom. The summed E-state index contributed by atoms with van der Waals surface area (Å²) in [6.45, 7) is -0.357. The van der Waals surface area contributed by atoms with Gasteiger partial charge in [-0.3, -0.25) is 0 Å². The number of alkyl halides is 1. The molecule has 1 unspecified atom stereocenters. The van der Waals surface area contributed by atoms with Crippen molar-refractivity contribution in [3.05, 3.63) is 47.8 Å². The third kappa shape index (κ3) is 2.95. The lowest BCUT2D eigenvalue weighted by Crippen LogP contribution is -2.43. The minimum absolute atomic E-state index is 0.0311. The highest BCUT2D eigenvalue weighted by Crippen LogP contribution is 2.54. The van der Waals surface area contributed by atoms with Crippen molar-refractivity contribution in [2.75, 3.05) is 6.61 Å². The summed E-state index contributed by atoms with van der Waals surface area (Å²) >= 11 is 0. The molecule has 1 aromatic carbocycles. The fraction of sp³-hybridized carbons (Fsp3) is 0.333. The lowest BCUT2D eigenvalue weighted by atomic mass is 9.86. The summed E-state index contributed by atoms with van der Waals surface area (Å²) in [6.07, 6.45) is 7.90. The van der Waals surface area contributed by atoms with Crippen molar-refractivity contribution in [1.82, 2.24) is 9.55 Å². The Hall–Kier alpha value is -2.90. The van der Waals surface area contributed by atoms with E-state index >= 15 is 0 Å². The number of aromatic nitrogens is 2. The normalized spacial score (nSPS) is 17.2. The minimum Gasteiger partial charge on any atom is -0.481 e. The van der Waals surface area contributed by atoms with Crippen molar-refractivity contribution in [2.45, 2.75) is 30.7 Å². The number of hydrogen-bond acceptors (Lipinski definition) is 4. The van der Waals surface area contributed by atoms with Gasteiger partial charge < -0.3 is 14.4 Å². The molecule has 0 saturated heterocycles. The number of terminal acetylenes is 1. The maximum absolute atomic E-state index is 15.0. The van der Waals surface area contributed by atoms with Crippen LogP contribution in [0.2, 0.25) is 0 Å². The lowest BCUT2D eigenvalue weighted by molar-refractivity contribution is -0.0722. The molecule has 1 aliphatic carbocycles. The quantitative estimate of drug-likeness (QED) is 0.817. The summed E-state index contributed by atoms with van der Waals surface area (Å²) in [5.74, 6) is 1.64. The Bertz CT molecular complexity index is 877. The molecule has 1 aromatic heterocycles. The summed E-state index contributed by atoms with van der Waals surface area (Å²) in [7, 11) is 0. The van der Waals surface area contributed by atoms with E-state index in [0.717, 1.165) is 6.07 Å². The maximum atomic E-state index is 15.0. The first-order valence-electron chi connectivity index (χ1n) is 7.61. The number of benzene rings is 1. The van der Waals surface area contributed by atoms with E-state index in [1.807, 2.05) is 6.07 Å². The van der Waals surface area contributed by atoms with Crippen molar-refractivity contribution in [2.24, 2.45) is 0 Å². The molecule has 5 nitrogen and oxygen atoms in total. The average molecular weight is 343 g/mol. The van der Waals surface area contributed by atoms with E-state index in [9.17, 15) is 13.9 Å². The first-order chi connectivity index (χ1) is 11.9. The molecule has 1 N–H and O–H groups in total. The summed E-state index contributed by atoms with van der Waals surface area (Å²) in [5.41, 5.74) is -4.14. The van der Waals surface area contributed by atoms with Gasteiger partial charge in [-0.05, 0) is 25.0 Å². The van der Waals surface area contributed by atoms with Crippen LogP contribution in [-0.4, -0.2) is 26.9 Å². The van der Waals surface area contributed by atoms with Gasteiger partial charge in [0, 0.05) is 11.6 Å². The highest BCUT2D eigenvalue weighted by atomic mass is 19.1. The van der Waals surface area contributed by atoms with Gasteiger partial charge in [0.2, 0.25) is 0 Å². The van der Waals surface area contributed by atoms with Crippen LogP contribution in [0.3, 0.4) is 0 Å². The Morgan fingerprint density at radius 3 is 2.84 bits per heavy atom. The van der Waals surface area contributed by atoms with E-state index in [-0.39, 0.29) is 43.0 Å². The standard InChI is InChI=1S/C18H15F2N3O2/c1-2-7-25-14-3-4-15(16(19)8-14)18(24,17(20)5-6-17)11-23-12-22-10-13(23)9-21/h1,3-4,8,10,12,24H,5-7,11H2. The largest absolute Gasteiger partial charge is 0.481 e. The van der Waals surface area contributed by atoms with Crippen LogP contribution in [-0.2, 0) is 12.1 Å². The molecule has 1 fully saturated rings. The van der Waals surface area contributed by atoms with Gasteiger partial charge in [0.1, 0.15) is 41.2 Å². The molecular weight excluding hydrogens is 328 g/mol. The molecule has 3 rings (SSSR count). The smallest absolute Gasteiger partial charge is 0.148 e. The number of nitriles is 1. The van der Waals surface area contributed by atoms with Crippen LogP contribution in [0.4, 0.5) is 8.78 Å². The first kappa shape index (κ1) is 16.9. The average Bonchev–Trinajstić information content (AvgIpc) is 3.20. The summed E-state index contributed by atoms with van der Waals surface area (Å²) < 4.78 is 36.0. The number of hydrogen-bond donors (Lipinski definition) is 1. The zero-order chi connectivity index (χ0) is 18.1. The zero-order valence-corrected chi connectivity index (χ0v) is 13.2. The fourth-order valence-corrected chi connectivity index (χ4v) is 2.82. The van der Waals surface area contributed by atoms with Crippen molar-refractivity contribution >= 4 is 0 Å². The SMILES string of the molecule is C#CCOc1ccc(C(O)(Cn2cncc2C#N)C2(F)CC2)c(F)c1. The Balaban J connectivity index is 2.00. The van der Waals surface area contributed by atoms with Gasteiger partial charge >= 0.3 is 0 Å². The lowest BCUT2D eigenvalue weighted by Gasteiger charge is -2.33. The van der Waals surface area contributed by atoms with Crippen LogP contribution in [0.1, 0.15) is 24.1 Å². The number of imidazole rings is 1. The van der Waals surface area contributed by atoms with Crippen LogP contribution in [0, 0.1) is 29.5 Å². The molecule has 1 heterocycles. The van der Waals surface area contributed by atoms with Crippen LogP contribution >= 0.6 is 0 Å². The highest BCUT2D eigenvalue weighted by molar-refractivity contribution is 5.37. The second-order valence-electron chi connectivity index (χ2n) is 5.98. The molecule has 1 saturated carbocycles. The molecular formula is C18H15F2N3O2. The predicted molar refractivity (Wildman–Crippen MR) is 84.6 cm³/mol. The topological polar surface area (TPSA) is 71.1 Å². The monoisotopic (exact) mass is 343 g/mol. The molecule has 0 amide bonds. The van der Waals surface area contributed by atoms with Gasteiger partial charge in [-0.1, -0.05) is 5.92 Å². The minimum atomic E-state index is -2.13. The molecule has 2 aromatic rings. The van der Waals surface area contributed by atoms with E-state index in [1.165, 1.54) is 29.2 Å². The Kier molecular flexibility index (Phi) is 4.20. The second-order valence-corrected chi connectivity index (χ2v) is 5.98. The van der Waals surface area contributed by atoms with Gasteiger partial charge in [-0.15, -0.1) is 6.42 Å². The fourth-order valence-electron chi connectivity index (χ4n) is 2.82. The van der Waals surface area contributed by atoms with Crippen molar-refractivity contribution in [1.29, 1.82) is 5.26 Å². The van der Waals surface area contributed by atoms with Gasteiger partial charge in [0.25, 0.3) is 0 Å². The third-order valence-electron chi connectivity index (χ3n) is 4.36. The number of nitrogens with zero attached hydrogens (tertiary/aromatic N) is 3. The van der Waals surface area contributed by atoms with E-state index in [2.05, 4.69) is 10.9 Å². The van der Waals surface area contributed by atoms with Crippen LogP contribution in [0.25, 0.3) is 0 Å². The van der Waals surface area contributed by atoms with Crippen molar-refractivity contribution in [3.63, 3.8) is 0 Å². The second kappa shape index (κ2) is 6.19. The van der Waals surface area contributed by atoms with E-state index in [0.29, 0.717) is 0 Å². The molecule has 25 heavy (non-hydrogen) atoms. The Labute approximate surface area is 143 Å². The number of halogens is 2. The summed E-state index contributed by atoms with van der Waals surface area (Å²) in [4.78, 5) is 3.82. The van der Waals surface area contributed by atoms with Crippen LogP contribution in [0.15, 0.2) is 30.7 Å². The molecule has 0 radical (unpaired) electrons. The predicted octanol–water partition coefficient (Wildman–Crippen LogP) is 2.30. The number of ether oxygens (including phenoxy) is 1. The van der Waals surface area contributed by atoms with Crippen LogP contribution in [0.5, 0.6) is 5.75 Å². The molecule has 7 heteroatoms. The van der Waals surface area contributed by atoms with Gasteiger partial charge in [0.05, 0.1) is 19.1 Å². The van der Waals surface area contributed by atoms with Crippen LogP contribution < -0.4 is 4.74 Å². The number of aliphatic hydroxyl groups is 1. The Morgan fingerprint density at radius 1 is 1.48 bits per heavy atom. The van der Waals surface area contributed by atoms with E-state index in [1.54, 1.807) is 0 Å². The first-order valence-corrected chi connectivity index (χ1v) is 7.61. The summed E-state index contributed by atoms with van der Waals surface area (Å²) in [5, 5.41) is 20.1. The van der Waals surface area contributed by atoms with Crippen molar-refractivity contribution in [3.8, 4) is 24.2 Å². The molecule has 1 atom stereocenters. The highest BCUT2D eigenvalue weighted by Gasteiger charge is 2.62. The third-order valence-corrected chi connectivity index (χ3v) is 4.36. The molecule has 1 aliphatic rings. The summed E-state index contributed by atoms with van der Waals surface area (Å²) in [6, 6.07) is 5.66. The number of rotatable bonds is 6. The zero-order valence-electron chi connectivity index (χ0n) is 13.2. The van der Waals surface area contributed by atoms with E-state index < -0.39 is 17.1 Å². The van der Waals surface area contributed by atoms with Gasteiger partial charge in [-0.25, -0.2) is 13.8 Å². The molecule has 0 spiro atoms. The molecule has 0 aliphatic heterocycles. The molecule has 0 bridgehead atoms.